The number of nitrogens with two attached hydrogens (primary N) is 1. The zero-order valence-corrected chi connectivity index (χ0v) is 11.1. The average molecular weight is 297 g/mol. The van der Waals surface area contributed by atoms with Crippen molar-refractivity contribution in [1.29, 1.82) is 0 Å². The van der Waals surface area contributed by atoms with Crippen molar-refractivity contribution in [3.8, 4) is 0 Å². The summed E-state index contributed by atoms with van der Waals surface area (Å²) in [5.41, 5.74) is 5.61. The SMILES string of the molecule is NC1=NC(=O)N(CC2CC2)C1c1ccc(C(F)(F)F)cc1. The number of amides is 2. The molecule has 21 heavy (non-hydrogen) atoms. The molecule has 1 fully saturated rings. The lowest BCUT2D eigenvalue weighted by molar-refractivity contribution is -0.137. The van der Waals surface area contributed by atoms with E-state index in [0.717, 1.165) is 25.0 Å². The highest BCUT2D eigenvalue weighted by atomic mass is 19.4. The highest BCUT2D eigenvalue weighted by Gasteiger charge is 2.38. The van der Waals surface area contributed by atoms with Gasteiger partial charge in [0.15, 0.2) is 0 Å². The quantitative estimate of drug-likeness (QED) is 0.932. The van der Waals surface area contributed by atoms with Crippen LogP contribution in [0.5, 0.6) is 0 Å². The summed E-state index contributed by atoms with van der Waals surface area (Å²) in [7, 11) is 0. The number of carbonyl (C=O) groups excluding carboxylic acids is 1. The van der Waals surface area contributed by atoms with Gasteiger partial charge in [0.05, 0.1) is 5.56 Å². The summed E-state index contributed by atoms with van der Waals surface area (Å²) >= 11 is 0. The van der Waals surface area contributed by atoms with Crippen LogP contribution in [0.4, 0.5) is 18.0 Å². The highest BCUT2D eigenvalue weighted by Crippen LogP contribution is 2.36. The smallest absolute Gasteiger partial charge is 0.385 e. The van der Waals surface area contributed by atoms with Gasteiger partial charge in [-0.2, -0.15) is 18.2 Å². The Morgan fingerprint density at radius 2 is 1.86 bits per heavy atom. The first-order valence-corrected chi connectivity index (χ1v) is 6.68. The van der Waals surface area contributed by atoms with E-state index in [9.17, 15) is 18.0 Å². The van der Waals surface area contributed by atoms with Gasteiger partial charge < -0.3 is 10.6 Å². The topological polar surface area (TPSA) is 58.7 Å². The van der Waals surface area contributed by atoms with E-state index in [-0.39, 0.29) is 5.84 Å². The molecule has 1 atom stereocenters. The minimum Gasteiger partial charge on any atom is -0.385 e. The predicted octanol–water partition coefficient (Wildman–Crippen LogP) is 2.95. The van der Waals surface area contributed by atoms with Crippen LogP contribution in [0.25, 0.3) is 0 Å². The van der Waals surface area contributed by atoms with E-state index in [2.05, 4.69) is 4.99 Å². The average Bonchev–Trinajstić information content (AvgIpc) is 3.16. The van der Waals surface area contributed by atoms with E-state index in [4.69, 9.17) is 5.73 Å². The Morgan fingerprint density at radius 1 is 1.24 bits per heavy atom. The third-order valence-electron chi connectivity index (χ3n) is 3.77. The zero-order valence-electron chi connectivity index (χ0n) is 11.1. The molecule has 0 spiro atoms. The lowest BCUT2D eigenvalue weighted by Crippen LogP contribution is -2.34. The second-order valence-corrected chi connectivity index (χ2v) is 5.44. The van der Waals surface area contributed by atoms with E-state index >= 15 is 0 Å². The Kier molecular flexibility index (Phi) is 3.15. The number of urea groups is 1. The van der Waals surface area contributed by atoms with Crippen molar-refractivity contribution in [3.63, 3.8) is 0 Å². The van der Waals surface area contributed by atoms with Crippen LogP contribution in [-0.4, -0.2) is 23.3 Å². The number of nitrogens with zero attached hydrogens (tertiary/aromatic N) is 2. The molecule has 4 nitrogen and oxygen atoms in total. The third kappa shape index (κ3) is 2.72. The maximum atomic E-state index is 12.6. The normalized spacial score (nSPS) is 22.6. The fourth-order valence-corrected chi connectivity index (χ4v) is 2.47. The standard InChI is InChI=1S/C14H14F3N3O/c15-14(16,17)10-5-3-9(4-6-10)11-12(18)19-13(21)20(11)7-8-1-2-8/h3-6,8,11H,1-2,7H2,(H2,18,19,21). The lowest BCUT2D eigenvalue weighted by atomic mass is 10.0. The Morgan fingerprint density at radius 3 is 2.38 bits per heavy atom. The summed E-state index contributed by atoms with van der Waals surface area (Å²) in [4.78, 5) is 17.1. The molecular weight excluding hydrogens is 283 g/mol. The van der Waals surface area contributed by atoms with Crippen LogP contribution >= 0.6 is 0 Å². The molecule has 1 unspecified atom stereocenters. The first-order chi connectivity index (χ1) is 9.86. The van der Waals surface area contributed by atoms with Crippen molar-refractivity contribution in [3.05, 3.63) is 35.4 Å². The van der Waals surface area contributed by atoms with Crippen LogP contribution in [-0.2, 0) is 6.18 Å². The maximum Gasteiger partial charge on any atom is 0.416 e. The molecular formula is C14H14F3N3O. The Hall–Kier alpha value is -2.05. The van der Waals surface area contributed by atoms with Gasteiger partial charge in [-0.25, -0.2) is 4.79 Å². The molecule has 3 rings (SSSR count). The van der Waals surface area contributed by atoms with Gasteiger partial charge in [-0.1, -0.05) is 12.1 Å². The van der Waals surface area contributed by atoms with E-state index < -0.39 is 23.8 Å². The molecule has 2 aliphatic rings. The van der Waals surface area contributed by atoms with Crippen LogP contribution in [0.3, 0.4) is 0 Å². The number of amidine groups is 1. The van der Waals surface area contributed by atoms with Crippen molar-refractivity contribution in [2.45, 2.75) is 25.1 Å². The van der Waals surface area contributed by atoms with Gasteiger partial charge in [-0.3, -0.25) is 0 Å². The molecule has 2 N–H and O–H groups in total. The Labute approximate surface area is 119 Å². The number of alkyl halides is 3. The van der Waals surface area contributed by atoms with E-state index in [0.29, 0.717) is 18.0 Å². The van der Waals surface area contributed by atoms with E-state index in [1.54, 1.807) is 0 Å². The fraction of sp³-hybridized carbons (Fsp3) is 0.429. The molecule has 0 saturated heterocycles. The summed E-state index contributed by atoms with van der Waals surface area (Å²) < 4.78 is 37.7. The van der Waals surface area contributed by atoms with Crippen LogP contribution in [0.1, 0.15) is 30.0 Å². The minimum atomic E-state index is -4.38. The van der Waals surface area contributed by atoms with Crippen molar-refractivity contribution in [2.24, 2.45) is 16.6 Å². The Balaban J connectivity index is 1.86. The van der Waals surface area contributed by atoms with Gasteiger partial charge in [-0.05, 0) is 36.5 Å². The first kappa shape index (κ1) is 13.9. The van der Waals surface area contributed by atoms with Gasteiger partial charge in [-0.15, -0.1) is 0 Å². The molecule has 1 aliphatic carbocycles. The van der Waals surface area contributed by atoms with E-state index in [1.165, 1.54) is 17.0 Å². The molecule has 0 bridgehead atoms. The van der Waals surface area contributed by atoms with Crippen LogP contribution in [0, 0.1) is 5.92 Å². The second-order valence-electron chi connectivity index (χ2n) is 5.44. The highest BCUT2D eigenvalue weighted by molar-refractivity contribution is 6.03. The third-order valence-corrected chi connectivity index (χ3v) is 3.77. The first-order valence-electron chi connectivity index (χ1n) is 6.68. The molecule has 1 heterocycles. The molecule has 1 aromatic carbocycles. The molecule has 2 amide bonds. The molecule has 0 radical (unpaired) electrons. The summed E-state index contributed by atoms with van der Waals surface area (Å²) in [6, 6.07) is 3.74. The summed E-state index contributed by atoms with van der Waals surface area (Å²) in [6.45, 7) is 0.550. The number of hydrogen-bond donors (Lipinski definition) is 1. The molecule has 1 aromatic rings. The number of aliphatic imine (C=N–C) groups is 1. The molecule has 7 heteroatoms. The van der Waals surface area contributed by atoms with Crippen LogP contribution in [0.2, 0.25) is 0 Å². The number of rotatable bonds is 3. The van der Waals surface area contributed by atoms with Crippen LogP contribution in [0.15, 0.2) is 29.3 Å². The predicted molar refractivity (Wildman–Crippen MR) is 70.6 cm³/mol. The van der Waals surface area contributed by atoms with Crippen molar-refractivity contribution in [2.75, 3.05) is 6.54 Å². The molecule has 112 valence electrons. The summed E-state index contributed by atoms with van der Waals surface area (Å²) in [6.07, 6.45) is -2.26. The van der Waals surface area contributed by atoms with Gasteiger partial charge >= 0.3 is 12.2 Å². The van der Waals surface area contributed by atoms with Crippen molar-refractivity contribution in [1.82, 2.24) is 4.90 Å². The monoisotopic (exact) mass is 297 g/mol. The molecule has 1 aliphatic heterocycles. The largest absolute Gasteiger partial charge is 0.416 e. The van der Waals surface area contributed by atoms with E-state index in [1.807, 2.05) is 0 Å². The number of carbonyl (C=O) groups is 1. The lowest BCUT2D eigenvalue weighted by Gasteiger charge is -2.24. The zero-order chi connectivity index (χ0) is 15.2. The minimum absolute atomic E-state index is 0.139. The molecule has 1 saturated carbocycles. The van der Waals surface area contributed by atoms with Crippen LogP contribution < -0.4 is 5.73 Å². The van der Waals surface area contributed by atoms with Crippen molar-refractivity contribution >= 4 is 11.9 Å². The van der Waals surface area contributed by atoms with Gasteiger partial charge in [0.1, 0.15) is 11.9 Å². The number of hydrogen-bond acceptors (Lipinski definition) is 2. The summed E-state index contributed by atoms with van der Waals surface area (Å²) in [5.74, 6) is 0.590. The molecule has 0 aromatic heterocycles. The number of halogens is 3. The van der Waals surface area contributed by atoms with Crippen molar-refractivity contribution < 1.29 is 18.0 Å². The van der Waals surface area contributed by atoms with Gasteiger partial charge in [0, 0.05) is 6.54 Å². The summed E-state index contributed by atoms with van der Waals surface area (Å²) in [5, 5.41) is 0. The second kappa shape index (κ2) is 4.75. The maximum absolute atomic E-state index is 12.6. The van der Waals surface area contributed by atoms with Gasteiger partial charge in [0.25, 0.3) is 0 Å². The fourth-order valence-electron chi connectivity index (χ4n) is 2.47. The van der Waals surface area contributed by atoms with Gasteiger partial charge in [0.2, 0.25) is 0 Å². The Bertz CT molecular complexity index is 590. The number of benzene rings is 1.